The van der Waals surface area contributed by atoms with Crippen LogP contribution in [-0.4, -0.2) is 30.7 Å². The Hall–Kier alpha value is -3.51. The van der Waals surface area contributed by atoms with Crippen LogP contribution in [0.4, 0.5) is 15.8 Å². The molecule has 1 aromatic carbocycles. The first kappa shape index (κ1) is 19.8. The smallest absolute Gasteiger partial charge is 0.254 e. The summed E-state index contributed by atoms with van der Waals surface area (Å²) in [5.41, 5.74) is 7.31. The third-order valence-corrected chi connectivity index (χ3v) is 5.20. The standard InChI is InChI=1S/C21H23FN6O2/c1-30-20-16(25-8-9-27-21(22)6-2-3-7-26-21)10-15(24)17-18(20)28(14-4-5-14)12-13(11-23)19(17)29/h2-3,6-7,10,12,14,25-27H,4-5,8-9,24H2,1H3. The van der Waals surface area contributed by atoms with Gasteiger partial charge in [0.25, 0.3) is 5.92 Å². The second-order valence-corrected chi connectivity index (χ2v) is 7.32. The van der Waals surface area contributed by atoms with Crippen LogP contribution in [0.5, 0.6) is 5.75 Å². The van der Waals surface area contributed by atoms with E-state index in [4.69, 9.17) is 10.5 Å². The monoisotopic (exact) mass is 410 g/mol. The molecule has 1 aliphatic heterocycles. The lowest BCUT2D eigenvalue weighted by Crippen LogP contribution is -2.51. The summed E-state index contributed by atoms with van der Waals surface area (Å²) in [6.45, 7) is 0.696. The van der Waals surface area contributed by atoms with Crippen molar-refractivity contribution < 1.29 is 9.13 Å². The quantitative estimate of drug-likeness (QED) is 0.314. The topological polar surface area (TPSA) is 117 Å². The summed E-state index contributed by atoms with van der Waals surface area (Å²) >= 11 is 0. The molecule has 1 atom stereocenters. The van der Waals surface area contributed by atoms with Gasteiger partial charge in [-0.2, -0.15) is 9.65 Å². The molecule has 0 radical (unpaired) electrons. The molecular formula is C21H23FN6O2. The number of nitrogens with zero attached hydrogens (tertiary/aromatic N) is 2. The Morgan fingerprint density at radius 3 is 2.87 bits per heavy atom. The van der Waals surface area contributed by atoms with Gasteiger partial charge in [0.15, 0.2) is 5.75 Å². The zero-order chi connectivity index (χ0) is 21.3. The number of methoxy groups -OCH3 is 1. The fourth-order valence-corrected chi connectivity index (χ4v) is 3.62. The molecular weight excluding hydrogens is 387 g/mol. The molecule has 1 aliphatic carbocycles. The summed E-state index contributed by atoms with van der Waals surface area (Å²) in [4.78, 5) is 12.8. The SMILES string of the molecule is COc1c(NCCNC2(F)C=CC=CN2)cc(N)c2c(=O)c(C#N)cn(C3CC3)c12. The van der Waals surface area contributed by atoms with Crippen molar-refractivity contribution in [3.05, 3.63) is 52.5 Å². The van der Waals surface area contributed by atoms with Crippen LogP contribution in [0.15, 0.2) is 41.5 Å². The van der Waals surface area contributed by atoms with Gasteiger partial charge in [0, 0.05) is 37.2 Å². The lowest BCUT2D eigenvalue weighted by atomic mass is 10.1. The Labute approximate surface area is 172 Å². The molecule has 2 aliphatic rings. The number of nitrogens with two attached hydrogens (primary N) is 1. The van der Waals surface area contributed by atoms with Crippen molar-refractivity contribution >= 4 is 22.3 Å². The van der Waals surface area contributed by atoms with E-state index in [1.165, 1.54) is 19.4 Å². The first-order valence-corrected chi connectivity index (χ1v) is 9.72. The number of nitrogens with one attached hydrogen (secondary N) is 3. The number of nitrogen functional groups attached to an aromatic ring is 1. The second-order valence-electron chi connectivity index (χ2n) is 7.32. The molecule has 5 N–H and O–H groups in total. The Balaban J connectivity index is 1.65. The van der Waals surface area contributed by atoms with Crippen molar-refractivity contribution in [3.63, 3.8) is 0 Å². The van der Waals surface area contributed by atoms with E-state index >= 15 is 0 Å². The van der Waals surface area contributed by atoms with Gasteiger partial charge in [-0.25, -0.2) is 0 Å². The van der Waals surface area contributed by atoms with Crippen LogP contribution in [-0.2, 0) is 0 Å². The summed E-state index contributed by atoms with van der Waals surface area (Å²) < 4.78 is 22.0. The van der Waals surface area contributed by atoms with Gasteiger partial charge in [-0.15, -0.1) is 0 Å². The maximum atomic E-state index is 14.5. The van der Waals surface area contributed by atoms with Crippen LogP contribution in [0.2, 0.25) is 0 Å². The average molecular weight is 410 g/mol. The lowest BCUT2D eigenvalue weighted by molar-refractivity contribution is 0.149. The zero-order valence-electron chi connectivity index (χ0n) is 16.5. The molecule has 1 unspecified atom stereocenters. The maximum Gasteiger partial charge on any atom is 0.254 e. The fraction of sp³-hybridized carbons (Fsp3) is 0.333. The number of halogens is 1. The molecule has 1 aromatic heterocycles. The molecule has 0 amide bonds. The van der Waals surface area contributed by atoms with Gasteiger partial charge in [-0.3, -0.25) is 10.1 Å². The number of fused-ring (bicyclic) bond motifs is 1. The molecule has 156 valence electrons. The average Bonchev–Trinajstić information content (AvgIpc) is 3.57. The molecule has 8 nitrogen and oxygen atoms in total. The van der Waals surface area contributed by atoms with Crippen molar-refractivity contribution in [2.45, 2.75) is 24.8 Å². The predicted molar refractivity (Wildman–Crippen MR) is 114 cm³/mol. The number of allylic oxidation sites excluding steroid dienone is 2. The predicted octanol–water partition coefficient (Wildman–Crippen LogP) is 2.10. The largest absolute Gasteiger partial charge is 0.492 e. The minimum Gasteiger partial charge on any atom is -0.492 e. The van der Waals surface area contributed by atoms with Crippen LogP contribution in [0.1, 0.15) is 24.4 Å². The highest BCUT2D eigenvalue weighted by atomic mass is 19.1. The second kappa shape index (κ2) is 7.72. The minimum absolute atomic E-state index is 0.0587. The van der Waals surface area contributed by atoms with Gasteiger partial charge >= 0.3 is 0 Å². The third kappa shape index (κ3) is 3.57. The molecule has 0 spiro atoms. The number of anilines is 2. The van der Waals surface area contributed by atoms with E-state index in [0.29, 0.717) is 30.0 Å². The molecule has 30 heavy (non-hydrogen) atoms. The van der Waals surface area contributed by atoms with Crippen LogP contribution in [0, 0.1) is 11.3 Å². The van der Waals surface area contributed by atoms with Crippen molar-refractivity contribution in [1.29, 1.82) is 5.26 Å². The summed E-state index contributed by atoms with van der Waals surface area (Å²) in [5, 5.41) is 18.2. The van der Waals surface area contributed by atoms with Crippen molar-refractivity contribution in [1.82, 2.24) is 15.2 Å². The van der Waals surface area contributed by atoms with Gasteiger partial charge in [0.1, 0.15) is 11.6 Å². The fourth-order valence-electron chi connectivity index (χ4n) is 3.62. The maximum absolute atomic E-state index is 14.5. The molecule has 2 heterocycles. The number of hydrogen-bond acceptors (Lipinski definition) is 7. The third-order valence-electron chi connectivity index (χ3n) is 5.20. The van der Waals surface area contributed by atoms with Crippen molar-refractivity contribution in [2.75, 3.05) is 31.2 Å². The number of benzene rings is 1. The van der Waals surface area contributed by atoms with Crippen LogP contribution in [0.25, 0.3) is 10.9 Å². The van der Waals surface area contributed by atoms with Crippen molar-refractivity contribution in [3.8, 4) is 11.8 Å². The Bertz CT molecular complexity index is 1150. The Morgan fingerprint density at radius 1 is 1.43 bits per heavy atom. The van der Waals surface area contributed by atoms with Gasteiger partial charge in [-0.1, -0.05) is 6.08 Å². The highest BCUT2D eigenvalue weighted by Crippen LogP contribution is 2.43. The van der Waals surface area contributed by atoms with Gasteiger partial charge < -0.3 is 25.7 Å². The van der Waals surface area contributed by atoms with E-state index in [1.54, 1.807) is 24.4 Å². The molecule has 0 saturated heterocycles. The van der Waals surface area contributed by atoms with E-state index < -0.39 is 11.3 Å². The number of aromatic nitrogens is 1. The first-order chi connectivity index (χ1) is 14.5. The number of ether oxygens (including phenoxy) is 1. The molecule has 9 heteroatoms. The Morgan fingerprint density at radius 2 is 2.23 bits per heavy atom. The number of alkyl halides is 1. The summed E-state index contributed by atoms with van der Waals surface area (Å²) in [6.07, 6.45) is 9.75. The van der Waals surface area contributed by atoms with Crippen LogP contribution < -0.4 is 31.8 Å². The lowest BCUT2D eigenvalue weighted by Gasteiger charge is -2.25. The van der Waals surface area contributed by atoms with Crippen LogP contribution >= 0.6 is 0 Å². The summed E-state index contributed by atoms with van der Waals surface area (Å²) in [6, 6.07) is 3.78. The molecule has 0 bridgehead atoms. The number of rotatable bonds is 7. The number of pyridine rings is 1. The zero-order valence-corrected chi connectivity index (χ0v) is 16.5. The number of nitriles is 1. The molecule has 4 rings (SSSR count). The van der Waals surface area contributed by atoms with E-state index in [-0.39, 0.29) is 22.7 Å². The molecule has 1 fully saturated rings. The summed E-state index contributed by atoms with van der Waals surface area (Å²) in [7, 11) is 1.52. The number of hydrogen-bond donors (Lipinski definition) is 4. The van der Waals surface area contributed by atoms with Crippen molar-refractivity contribution in [2.24, 2.45) is 0 Å². The normalized spacial score (nSPS) is 20.0. The van der Waals surface area contributed by atoms with Gasteiger partial charge in [-0.05, 0) is 31.1 Å². The highest BCUT2D eigenvalue weighted by molar-refractivity contribution is 6.00. The molecule has 2 aromatic rings. The number of dihydropyridines is 1. The van der Waals surface area contributed by atoms with Crippen LogP contribution in [0.3, 0.4) is 0 Å². The van der Waals surface area contributed by atoms with Gasteiger partial charge in [0.2, 0.25) is 5.43 Å². The van der Waals surface area contributed by atoms with E-state index in [1.807, 2.05) is 10.6 Å². The minimum atomic E-state index is -1.80. The van der Waals surface area contributed by atoms with E-state index in [0.717, 1.165) is 12.8 Å². The highest BCUT2D eigenvalue weighted by Gasteiger charge is 2.29. The molecule has 1 saturated carbocycles. The first-order valence-electron chi connectivity index (χ1n) is 9.72. The Kier molecular flexibility index (Phi) is 5.10. The van der Waals surface area contributed by atoms with E-state index in [2.05, 4.69) is 16.0 Å². The van der Waals surface area contributed by atoms with E-state index in [9.17, 15) is 14.4 Å². The van der Waals surface area contributed by atoms with Gasteiger partial charge in [0.05, 0.1) is 23.7 Å². The summed E-state index contributed by atoms with van der Waals surface area (Å²) in [5.74, 6) is -1.33.